The van der Waals surface area contributed by atoms with E-state index in [9.17, 15) is 4.39 Å². The summed E-state index contributed by atoms with van der Waals surface area (Å²) in [6.07, 6.45) is 3.35. The molecule has 19 heavy (non-hydrogen) atoms. The topological polar surface area (TPSA) is 48.1 Å². The number of nitrogens with zero attached hydrogens (tertiary/aromatic N) is 1. The molecule has 1 aromatic carbocycles. The third-order valence-electron chi connectivity index (χ3n) is 3.07. The molecule has 0 saturated carbocycles. The first kappa shape index (κ1) is 13.5. The number of benzene rings is 1. The van der Waals surface area contributed by atoms with Gasteiger partial charge in [0.25, 0.3) is 0 Å². The lowest BCUT2D eigenvalue weighted by molar-refractivity contribution is 0.337. The van der Waals surface area contributed by atoms with Gasteiger partial charge in [-0.3, -0.25) is 4.98 Å². The summed E-state index contributed by atoms with van der Waals surface area (Å²) in [6, 6.07) is 8.03. The van der Waals surface area contributed by atoms with Crippen LogP contribution in [-0.4, -0.2) is 11.6 Å². The van der Waals surface area contributed by atoms with Crippen LogP contribution in [0.1, 0.15) is 25.0 Å². The van der Waals surface area contributed by atoms with Crippen LogP contribution in [0.4, 0.5) is 4.39 Å². The number of halogens is 1. The molecular formula is C15H17FN2O. The van der Waals surface area contributed by atoms with Gasteiger partial charge in [0.15, 0.2) is 0 Å². The molecule has 1 atom stereocenters. The first-order valence-corrected chi connectivity index (χ1v) is 6.17. The fourth-order valence-corrected chi connectivity index (χ4v) is 1.91. The molecular weight excluding hydrogens is 243 g/mol. The monoisotopic (exact) mass is 260 g/mol. The smallest absolute Gasteiger partial charge is 0.137 e. The maximum atomic E-state index is 13.0. The van der Waals surface area contributed by atoms with Gasteiger partial charge in [-0.15, -0.1) is 0 Å². The summed E-state index contributed by atoms with van der Waals surface area (Å²) in [6.45, 7) is 4.35. The van der Waals surface area contributed by atoms with Gasteiger partial charge < -0.3 is 10.5 Å². The molecule has 0 spiro atoms. The van der Waals surface area contributed by atoms with Gasteiger partial charge in [0.2, 0.25) is 0 Å². The normalized spacial score (nSPS) is 13.9. The number of hydrogen-bond donors (Lipinski definition) is 1. The number of nitrogens with two attached hydrogens (primary N) is 1. The van der Waals surface area contributed by atoms with Gasteiger partial charge >= 0.3 is 0 Å². The zero-order valence-corrected chi connectivity index (χ0v) is 11.1. The molecule has 2 rings (SSSR count). The largest absolute Gasteiger partial charge is 0.492 e. The molecule has 0 radical (unpaired) electrons. The Labute approximate surface area is 112 Å². The predicted octanol–water partition coefficient (Wildman–Crippen LogP) is 2.84. The van der Waals surface area contributed by atoms with Crippen LogP contribution < -0.4 is 10.5 Å². The van der Waals surface area contributed by atoms with Crippen molar-refractivity contribution in [1.82, 2.24) is 4.98 Å². The Morgan fingerprint density at radius 3 is 2.53 bits per heavy atom. The van der Waals surface area contributed by atoms with E-state index in [-0.39, 0.29) is 5.82 Å². The average molecular weight is 260 g/mol. The van der Waals surface area contributed by atoms with E-state index in [0.29, 0.717) is 12.4 Å². The number of hydrogen-bond acceptors (Lipinski definition) is 3. The molecule has 2 aromatic rings. The van der Waals surface area contributed by atoms with Crippen molar-refractivity contribution in [3.8, 4) is 5.75 Å². The summed E-state index contributed by atoms with van der Waals surface area (Å²) in [5.74, 6) is 0.402. The fourth-order valence-electron chi connectivity index (χ4n) is 1.91. The molecule has 0 saturated heterocycles. The predicted molar refractivity (Wildman–Crippen MR) is 72.4 cm³/mol. The second-order valence-corrected chi connectivity index (χ2v) is 4.55. The van der Waals surface area contributed by atoms with Crippen molar-refractivity contribution < 1.29 is 9.13 Å². The molecule has 0 aliphatic heterocycles. The van der Waals surface area contributed by atoms with Crippen molar-refractivity contribution in [2.45, 2.75) is 19.4 Å². The lowest BCUT2D eigenvalue weighted by atomic mass is 9.86. The van der Waals surface area contributed by atoms with E-state index in [2.05, 4.69) is 4.98 Å². The molecule has 0 bridgehead atoms. The summed E-state index contributed by atoms with van der Waals surface area (Å²) >= 11 is 0. The van der Waals surface area contributed by atoms with Crippen molar-refractivity contribution in [2.24, 2.45) is 5.73 Å². The summed E-state index contributed by atoms with van der Waals surface area (Å²) in [7, 11) is 0. The minimum atomic E-state index is -0.742. The summed E-state index contributed by atoms with van der Waals surface area (Å²) in [5.41, 5.74) is 7.26. The van der Waals surface area contributed by atoms with E-state index in [1.807, 2.05) is 19.9 Å². The highest BCUT2D eigenvalue weighted by Crippen LogP contribution is 2.28. The Kier molecular flexibility index (Phi) is 3.81. The molecule has 0 fully saturated rings. The van der Waals surface area contributed by atoms with Crippen LogP contribution in [0.15, 0.2) is 42.7 Å². The highest BCUT2D eigenvalue weighted by molar-refractivity contribution is 5.38. The number of aromatic nitrogens is 1. The van der Waals surface area contributed by atoms with E-state index >= 15 is 0 Å². The third kappa shape index (κ3) is 2.90. The van der Waals surface area contributed by atoms with Crippen molar-refractivity contribution in [3.63, 3.8) is 0 Å². The van der Waals surface area contributed by atoms with Crippen LogP contribution >= 0.6 is 0 Å². The van der Waals surface area contributed by atoms with Crippen molar-refractivity contribution in [1.29, 1.82) is 0 Å². The summed E-state index contributed by atoms with van der Waals surface area (Å²) < 4.78 is 18.4. The van der Waals surface area contributed by atoms with E-state index in [1.54, 1.807) is 24.5 Å². The van der Waals surface area contributed by atoms with Crippen LogP contribution in [0.3, 0.4) is 0 Å². The molecule has 2 N–H and O–H groups in total. The van der Waals surface area contributed by atoms with Crippen LogP contribution in [0.2, 0.25) is 0 Å². The van der Waals surface area contributed by atoms with Crippen LogP contribution in [-0.2, 0) is 5.54 Å². The highest BCUT2D eigenvalue weighted by Gasteiger charge is 2.24. The Morgan fingerprint density at radius 2 is 1.89 bits per heavy atom. The third-order valence-corrected chi connectivity index (χ3v) is 3.07. The van der Waals surface area contributed by atoms with E-state index < -0.39 is 5.54 Å². The first-order valence-electron chi connectivity index (χ1n) is 6.17. The van der Waals surface area contributed by atoms with Crippen LogP contribution in [0.25, 0.3) is 0 Å². The average Bonchev–Trinajstić information content (AvgIpc) is 2.40. The molecule has 0 amide bonds. The molecule has 1 heterocycles. The summed E-state index contributed by atoms with van der Waals surface area (Å²) in [4.78, 5) is 4.13. The van der Waals surface area contributed by atoms with Gasteiger partial charge in [0.05, 0.1) is 18.3 Å². The molecule has 1 unspecified atom stereocenters. The first-order chi connectivity index (χ1) is 9.04. The Balaban J connectivity index is 2.37. The number of pyridine rings is 1. The Bertz CT molecular complexity index is 552. The Morgan fingerprint density at radius 1 is 1.21 bits per heavy atom. The van der Waals surface area contributed by atoms with Gasteiger partial charge in [-0.1, -0.05) is 12.1 Å². The second-order valence-electron chi connectivity index (χ2n) is 4.55. The second kappa shape index (κ2) is 5.36. The van der Waals surface area contributed by atoms with Gasteiger partial charge in [0.1, 0.15) is 11.6 Å². The fraction of sp³-hybridized carbons (Fsp3) is 0.267. The van der Waals surface area contributed by atoms with Gasteiger partial charge in [0, 0.05) is 6.20 Å². The Hall–Kier alpha value is -1.94. The maximum absolute atomic E-state index is 13.0. The zero-order valence-electron chi connectivity index (χ0n) is 11.1. The molecule has 3 nitrogen and oxygen atoms in total. The van der Waals surface area contributed by atoms with Gasteiger partial charge in [-0.05, 0) is 43.2 Å². The van der Waals surface area contributed by atoms with Crippen LogP contribution in [0, 0.1) is 5.82 Å². The number of rotatable bonds is 4. The molecule has 0 aliphatic carbocycles. The van der Waals surface area contributed by atoms with Crippen LogP contribution in [0.5, 0.6) is 5.75 Å². The van der Waals surface area contributed by atoms with Crippen molar-refractivity contribution >= 4 is 0 Å². The lowest BCUT2D eigenvalue weighted by Crippen LogP contribution is -2.34. The van der Waals surface area contributed by atoms with E-state index in [4.69, 9.17) is 10.5 Å². The van der Waals surface area contributed by atoms with Gasteiger partial charge in [-0.2, -0.15) is 0 Å². The zero-order chi connectivity index (χ0) is 13.9. The van der Waals surface area contributed by atoms with E-state index in [0.717, 1.165) is 11.1 Å². The maximum Gasteiger partial charge on any atom is 0.137 e. The molecule has 0 aliphatic rings. The van der Waals surface area contributed by atoms with Crippen molar-refractivity contribution in [3.05, 3.63) is 59.7 Å². The van der Waals surface area contributed by atoms with Crippen molar-refractivity contribution in [2.75, 3.05) is 6.61 Å². The lowest BCUT2D eigenvalue weighted by Gasteiger charge is -2.26. The SMILES string of the molecule is CCOc1cncc(C(C)(N)c2ccc(F)cc2)c1. The molecule has 100 valence electrons. The quantitative estimate of drug-likeness (QED) is 0.919. The molecule has 4 heteroatoms. The molecule has 1 aromatic heterocycles. The minimum Gasteiger partial charge on any atom is -0.492 e. The number of ether oxygens (including phenoxy) is 1. The summed E-state index contributed by atoms with van der Waals surface area (Å²) in [5, 5.41) is 0. The highest BCUT2D eigenvalue weighted by atomic mass is 19.1. The van der Waals surface area contributed by atoms with E-state index in [1.165, 1.54) is 12.1 Å². The standard InChI is InChI=1S/C15H17FN2O/c1-3-19-14-8-12(9-18-10-14)15(2,17)11-4-6-13(16)7-5-11/h4-10H,3,17H2,1-2H3. The van der Waals surface area contributed by atoms with Gasteiger partial charge in [-0.25, -0.2) is 4.39 Å². The minimum absolute atomic E-state index is 0.277.